The van der Waals surface area contributed by atoms with Crippen molar-refractivity contribution >= 4 is 43.1 Å². The number of ether oxygens (including phenoxy) is 4. The van der Waals surface area contributed by atoms with Crippen LogP contribution in [0.1, 0.15) is 5.56 Å². The van der Waals surface area contributed by atoms with E-state index in [1.54, 1.807) is 7.11 Å². The molecule has 0 fully saturated rings. The summed E-state index contributed by atoms with van der Waals surface area (Å²) in [5, 5.41) is 9.25. The molecule has 0 radical (unpaired) electrons. The van der Waals surface area contributed by atoms with E-state index in [9.17, 15) is 0 Å². The third-order valence-corrected chi connectivity index (χ3v) is 6.83. The van der Waals surface area contributed by atoms with Crippen molar-refractivity contribution in [1.82, 2.24) is 0 Å². The molecular formula is C31H22O4. The lowest BCUT2D eigenvalue weighted by Gasteiger charge is -2.16. The lowest BCUT2D eigenvalue weighted by atomic mass is 9.90. The highest BCUT2D eigenvalue weighted by Crippen LogP contribution is 2.46. The maximum atomic E-state index is 6.27. The van der Waals surface area contributed by atoms with Crippen molar-refractivity contribution in [2.24, 2.45) is 0 Å². The summed E-state index contributed by atoms with van der Waals surface area (Å²) >= 11 is 0. The van der Waals surface area contributed by atoms with E-state index in [4.69, 9.17) is 18.9 Å². The predicted octanol–water partition coefficient (Wildman–Crippen LogP) is 7.62. The molecule has 0 N–H and O–H groups in total. The zero-order chi connectivity index (χ0) is 23.4. The molecule has 0 bridgehead atoms. The first-order valence-corrected chi connectivity index (χ1v) is 11.7. The fourth-order valence-corrected chi connectivity index (χ4v) is 5.18. The monoisotopic (exact) mass is 458 g/mol. The Balaban J connectivity index is 1.54. The Bertz CT molecular complexity index is 1760. The van der Waals surface area contributed by atoms with Gasteiger partial charge in [0.05, 0.1) is 7.11 Å². The standard InChI is InChI=1S/C31H22O4/c1-32-27-13-20-11-12-23-21-9-5-6-10-22(21)25-15-29-30(35-18-34-29)16-26(25)31(23)24(20)14-28(27)33-17-19-7-3-2-4-8-19/h2-16H,17-18H2,1H3. The maximum Gasteiger partial charge on any atom is 0.231 e. The molecule has 0 unspecified atom stereocenters. The minimum absolute atomic E-state index is 0.247. The van der Waals surface area contributed by atoms with Gasteiger partial charge in [-0.2, -0.15) is 0 Å². The summed E-state index contributed by atoms with van der Waals surface area (Å²) in [6.45, 7) is 0.715. The average molecular weight is 459 g/mol. The molecule has 0 atom stereocenters. The predicted molar refractivity (Wildman–Crippen MR) is 140 cm³/mol. The van der Waals surface area contributed by atoms with Gasteiger partial charge in [-0.05, 0) is 72.9 Å². The minimum Gasteiger partial charge on any atom is -0.493 e. The number of benzene rings is 6. The van der Waals surface area contributed by atoms with Gasteiger partial charge in [0, 0.05) is 0 Å². The van der Waals surface area contributed by atoms with Gasteiger partial charge in [0.1, 0.15) is 6.61 Å². The van der Waals surface area contributed by atoms with Crippen LogP contribution in [0, 0.1) is 0 Å². The van der Waals surface area contributed by atoms with Crippen LogP contribution in [-0.2, 0) is 6.61 Å². The van der Waals surface area contributed by atoms with Gasteiger partial charge in [0.2, 0.25) is 6.79 Å². The summed E-state index contributed by atoms with van der Waals surface area (Å²) in [6, 6.07) is 31.4. The molecule has 0 saturated heterocycles. The van der Waals surface area contributed by atoms with Gasteiger partial charge in [-0.3, -0.25) is 0 Å². The fourth-order valence-electron chi connectivity index (χ4n) is 5.18. The summed E-state index contributed by atoms with van der Waals surface area (Å²) < 4.78 is 23.5. The fraction of sp³-hybridized carbons (Fsp3) is 0.0968. The van der Waals surface area contributed by atoms with Gasteiger partial charge in [0.15, 0.2) is 23.0 Å². The number of hydrogen-bond acceptors (Lipinski definition) is 4. The van der Waals surface area contributed by atoms with Crippen LogP contribution in [0.25, 0.3) is 43.1 Å². The Hall–Kier alpha value is -4.44. The van der Waals surface area contributed by atoms with E-state index < -0.39 is 0 Å². The van der Waals surface area contributed by atoms with Crippen LogP contribution in [0.2, 0.25) is 0 Å². The van der Waals surface area contributed by atoms with E-state index >= 15 is 0 Å². The van der Waals surface area contributed by atoms with Crippen LogP contribution in [0.3, 0.4) is 0 Å². The minimum atomic E-state index is 0.247. The normalized spacial score (nSPS) is 12.6. The highest BCUT2D eigenvalue weighted by molar-refractivity contribution is 6.31. The van der Waals surface area contributed by atoms with Crippen molar-refractivity contribution < 1.29 is 18.9 Å². The molecule has 7 rings (SSSR count). The molecule has 4 nitrogen and oxygen atoms in total. The summed E-state index contributed by atoms with van der Waals surface area (Å²) in [4.78, 5) is 0. The van der Waals surface area contributed by atoms with Crippen LogP contribution in [-0.4, -0.2) is 13.9 Å². The smallest absolute Gasteiger partial charge is 0.231 e. The van der Waals surface area contributed by atoms with E-state index in [1.165, 1.54) is 21.5 Å². The first-order chi connectivity index (χ1) is 17.3. The molecule has 0 aliphatic carbocycles. The molecule has 0 aromatic heterocycles. The number of methoxy groups -OCH3 is 1. The zero-order valence-corrected chi connectivity index (χ0v) is 19.2. The van der Waals surface area contributed by atoms with Gasteiger partial charge < -0.3 is 18.9 Å². The third kappa shape index (κ3) is 3.14. The molecule has 6 aromatic rings. The molecule has 0 amide bonds. The summed E-state index contributed by atoms with van der Waals surface area (Å²) in [5.41, 5.74) is 1.11. The van der Waals surface area contributed by atoms with Gasteiger partial charge in [0.25, 0.3) is 0 Å². The van der Waals surface area contributed by atoms with Gasteiger partial charge in [-0.1, -0.05) is 66.7 Å². The van der Waals surface area contributed by atoms with Crippen molar-refractivity contribution in [3.8, 4) is 23.0 Å². The zero-order valence-electron chi connectivity index (χ0n) is 19.2. The molecule has 0 saturated carbocycles. The van der Waals surface area contributed by atoms with Crippen molar-refractivity contribution in [3.63, 3.8) is 0 Å². The Kier molecular flexibility index (Phi) is 4.46. The second-order valence-electron chi connectivity index (χ2n) is 8.78. The van der Waals surface area contributed by atoms with Crippen LogP contribution >= 0.6 is 0 Å². The molecule has 1 aliphatic heterocycles. The SMILES string of the molecule is COc1cc2ccc3c4ccccc4c4cc5c(cc4c3c2cc1OCc1ccccc1)OCO5. The summed E-state index contributed by atoms with van der Waals surface area (Å²) in [5.74, 6) is 3.00. The summed E-state index contributed by atoms with van der Waals surface area (Å²) in [6.07, 6.45) is 0. The number of rotatable bonds is 4. The largest absolute Gasteiger partial charge is 0.493 e. The van der Waals surface area contributed by atoms with E-state index in [1.807, 2.05) is 18.2 Å². The maximum absolute atomic E-state index is 6.27. The molecular weight excluding hydrogens is 436 g/mol. The number of fused-ring (bicyclic) bond motifs is 9. The van der Waals surface area contributed by atoms with Crippen molar-refractivity contribution in [2.45, 2.75) is 6.61 Å². The Labute approximate surface area is 202 Å². The van der Waals surface area contributed by atoms with Crippen LogP contribution < -0.4 is 18.9 Å². The Morgan fingerprint density at radius 3 is 2.11 bits per heavy atom. The quantitative estimate of drug-likeness (QED) is 0.255. The van der Waals surface area contributed by atoms with Crippen LogP contribution in [0.15, 0.2) is 91.0 Å². The van der Waals surface area contributed by atoms with Gasteiger partial charge >= 0.3 is 0 Å². The molecule has 4 heteroatoms. The Morgan fingerprint density at radius 2 is 1.34 bits per heavy atom. The highest BCUT2D eigenvalue weighted by Gasteiger charge is 2.19. The van der Waals surface area contributed by atoms with E-state index in [2.05, 4.69) is 72.8 Å². The molecule has 35 heavy (non-hydrogen) atoms. The lowest BCUT2D eigenvalue weighted by molar-refractivity contribution is 0.174. The molecule has 1 aliphatic rings. The average Bonchev–Trinajstić information content (AvgIpc) is 3.38. The first kappa shape index (κ1) is 20.0. The lowest BCUT2D eigenvalue weighted by Crippen LogP contribution is -1.98. The second kappa shape index (κ2) is 7.81. The van der Waals surface area contributed by atoms with Crippen LogP contribution in [0.5, 0.6) is 23.0 Å². The molecule has 1 heterocycles. The van der Waals surface area contributed by atoms with Crippen molar-refractivity contribution in [3.05, 3.63) is 96.6 Å². The van der Waals surface area contributed by atoms with E-state index in [0.29, 0.717) is 6.61 Å². The van der Waals surface area contributed by atoms with E-state index in [0.717, 1.165) is 50.1 Å². The molecule has 0 spiro atoms. The Morgan fingerprint density at radius 1 is 0.629 bits per heavy atom. The topological polar surface area (TPSA) is 36.9 Å². The van der Waals surface area contributed by atoms with Gasteiger partial charge in [-0.25, -0.2) is 0 Å². The first-order valence-electron chi connectivity index (χ1n) is 11.7. The number of hydrogen-bond donors (Lipinski definition) is 0. The summed E-state index contributed by atoms with van der Waals surface area (Å²) in [7, 11) is 1.68. The van der Waals surface area contributed by atoms with Crippen LogP contribution in [0.4, 0.5) is 0 Å². The highest BCUT2D eigenvalue weighted by atomic mass is 16.7. The second-order valence-corrected chi connectivity index (χ2v) is 8.78. The van der Waals surface area contributed by atoms with Gasteiger partial charge in [-0.15, -0.1) is 0 Å². The molecule has 6 aromatic carbocycles. The molecule has 170 valence electrons. The third-order valence-electron chi connectivity index (χ3n) is 6.83. The van der Waals surface area contributed by atoms with E-state index in [-0.39, 0.29) is 6.79 Å². The van der Waals surface area contributed by atoms with Crippen molar-refractivity contribution in [2.75, 3.05) is 13.9 Å². The van der Waals surface area contributed by atoms with Crippen molar-refractivity contribution in [1.29, 1.82) is 0 Å².